The number of amides is 1. The predicted octanol–water partition coefficient (Wildman–Crippen LogP) is 6.16. The quantitative estimate of drug-likeness (QED) is 0.388. The Morgan fingerprint density at radius 3 is 2.66 bits per heavy atom. The van der Waals surface area contributed by atoms with Crippen molar-refractivity contribution in [2.75, 3.05) is 5.32 Å². The van der Waals surface area contributed by atoms with Gasteiger partial charge in [-0.2, -0.15) is 0 Å². The van der Waals surface area contributed by atoms with Gasteiger partial charge in [-0.3, -0.25) is 9.78 Å². The molecule has 0 radical (unpaired) electrons. The minimum atomic E-state index is -0.180. The van der Waals surface area contributed by atoms with Gasteiger partial charge >= 0.3 is 0 Å². The lowest BCUT2D eigenvalue weighted by atomic mass is 10.0. The second-order valence-corrected chi connectivity index (χ2v) is 8.22. The molecule has 32 heavy (non-hydrogen) atoms. The van der Waals surface area contributed by atoms with Crippen molar-refractivity contribution in [2.45, 2.75) is 26.2 Å². The largest absolute Gasteiger partial charge is 0.322 e. The van der Waals surface area contributed by atoms with Crippen LogP contribution in [0, 0.1) is 0 Å². The molecular weight excluding hydrogens is 420 g/mol. The van der Waals surface area contributed by atoms with E-state index in [0.29, 0.717) is 22.9 Å². The molecular formula is C26H23ClN4O. The number of pyridine rings is 1. The van der Waals surface area contributed by atoms with Crippen molar-refractivity contribution in [2.24, 2.45) is 0 Å². The van der Waals surface area contributed by atoms with E-state index in [-0.39, 0.29) is 5.91 Å². The van der Waals surface area contributed by atoms with E-state index < -0.39 is 0 Å². The number of anilines is 1. The van der Waals surface area contributed by atoms with E-state index in [2.05, 4.69) is 40.2 Å². The second-order valence-electron chi connectivity index (χ2n) is 7.81. The van der Waals surface area contributed by atoms with E-state index in [1.165, 1.54) is 11.9 Å². The average Bonchev–Trinajstić information content (AvgIpc) is 2.81. The summed E-state index contributed by atoms with van der Waals surface area (Å²) in [5, 5.41) is 3.57. The molecule has 6 heteroatoms. The fourth-order valence-corrected chi connectivity index (χ4v) is 3.66. The Bertz CT molecular complexity index is 1240. The van der Waals surface area contributed by atoms with Crippen LogP contribution in [0.3, 0.4) is 0 Å². The van der Waals surface area contributed by atoms with Crippen LogP contribution in [-0.2, 0) is 6.42 Å². The summed E-state index contributed by atoms with van der Waals surface area (Å²) >= 11 is 6.48. The number of rotatable bonds is 6. The first-order valence-corrected chi connectivity index (χ1v) is 10.8. The number of halogens is 1. The van der Waals surface area contributed by atoms with E-state index >= 15 is 0 Å². The van der Waals surface area contributed by atoms with Gasteiger partial charge in [-0.1, -0.05) is 37.6 Å². The fraction of sp³-hybridized carbons (Fsp3) is 0.154. The van der Waals surface area contributed by atoms with Gasteiger partial charge in [0.15, 0.2) is 0 Å². The Balaban J connectivity index is 1.59. The molecule has 0 saturated heterocycles. The summed E-state index contributed by atoms with van der Waals surface area (Å²) in [6.45, 7) is 4.25. The first-order chi connectivity index (χ1) is 15.5. The molecule has 0 fully saturated rings. The Kier molecular flexibility index (Phi) is 6.57. The summed E-state index contributed by atoms with van der Waals surface area (Å²) in [4.78, 5) is 25.8. The molecule has 2 heterocycles. The SMILES string of the molecule is CC(C)c1cccc(NC(=O)c2ccc(Cl)c(Cc3ncccc3-c3ccncn3)c2)c1. The molecule has 4 rings (SSSR count). The van der Waals surface area contributed by atoms with Crippen LogP contribution in [0.15, 0.2) is 79.4 Å². The molecule has 1 amide bonds. The summed E-state index contributed by atoms with van der Waals surface area (Å²) < 4.78 is 0. The van der Waals surface area contributed by atoms with E-state index in [9.17, 15) is 4.79 Å². The zero-order valence-corrected chi connectivity index (χ0v) is 18.7. The van der Waals surface area contributed by atoms with E-state index in [1.807, 2.05) is 42.5 Å². The fourth-order valence-electron chi connectivity index (χ4n) is 3.47. The summed E-state index contributed by atoms with van der Waals surface area (Å²) in [6.07, 6.45) is 5.43. The number of hydrogen-bond donors (Lipinski definition) is 1. The Labute approximate surface area is 192 Å². The molecule has 0 aliphatic heterocycles. The Hall–Kier alpha value is -3.57. The molecule has 0 bridgehead atoms. The summed E-state index contributed by atoms with van der Waals surface area (Å²) in [6, 6.07) is 18.9. The maximum absolute atomic E-state index is 12.9. The minimum Gasteiger partial charge on any atom is -0.322 e. The highest BCUT2D eigenvalue weighted by molar-refractivity contribution is 6.31. The summed E-state index contributed by atoms with van der Waals surface area (Å²) in [5.41, 5.74) is 5.84. The van der Waals surface area contributed by atoms with Gasteiger partial charge in [-0.25, -0.2) is 9.97 Å². The van der Waals surface area contributed by atoms with Crippen LogP contribution in [0.2, 0.25) is 5.02 Å². The number of aromatic nitrogens is 3. The van der Waals surface area contributed by atoms with Crippen molar-refractivity contribution in [1.29, 1.82) is 0 Å². The normalized spacial score (nSPS) is 10.9. The summed E-state index contributed by atoms with van der Waals surface area (Å²) in [7, 11) is 0. The molecule has 2 aromatic heterocycles. The van der Waals surface area contributed by atoms with Gasteiger partial charge in [0.05, 0.1) is 11.4 Å². The van der Waals surface area contributed by atoms with Crippen molar-refractivity contribution in [3.05, 3.63) is 107 Å². The Morgan fingerprint density at radius 1 is 1.00 bits per heavy atom. The standard InChI is InChI=1S/C26H23ClN4O/c1-17(2)18-5-3-6-21(14-18)31-26(32)19-8-9-23(27)20(13-19)15-25-22(7-4-11-29-25)24-10-12-28-16-30-24/h3-14,16-17H,15H2,1-2H3,(H,31,32). The zero-order chi connectivity index (χ0) is 22.5. The number of carbonyl (C=O) groups excluding carboxylic acids is 1. The molecule has 2 aromatic carbocycles. The smallest absolute Gasteiger partial charge is 0.255 e. The van der Waals surface area contributed by atoms with Crippen LogP contribution in [0.5, 0.6) is 0 Å². The van der Waals surface area contributed by atoms with Crippen LogP contribution in [0.4, 0.5) is 5.69 Å². The number of carbonyl (C=O) groups is 1. The second kappa shape index (κ2) is 9.71. The number of benzene rings is 2. The van der Waals surface area contributed by atoms with E-state index in [4.69, 9.17) is 11.6 Å². The van der Waals surface area contributed by atoms with Crippen LogP contribution >= 0.6 is 11.6 Å². The van der Waals surface area contributed by atoms with Crippen molar-refractivity contribution < 1.29 is 4.79 Å². The van der Waals surface area contributed by atoms with E-state index in [1.54, 1.807) is 24.5 Å². The molecule has 0 atom stereocenters. The molecule has 0 saturated carbocycles. The van der Waals surface area contributed by atoms with Gasteiger partial charge in [0.1, 0.15) is 6.33 Å². The highest BCUT2D eigenvalue weighted by Crippen LogP contribution is 2.26. The zero-order valence-electron chi connectivity index (χ0n) is 17.9. The van der Waals surface area contributed by atoms with Crippen molar-refractivity contribution >= 4 is 23.2 Å². The van der Waals surface area contributed by atoms with Gasteiger partial charge in [0, 0.05) is 40.7 Å². The predicted molar refractivity (Wildman–Crippen MR) is 128 cm³/mol. The molecule has 160 valence electrons. The first-order valence-electron chi connectivity index (χ1n) is 10.4. The highest BCUT2D eigenvalue weighted by Gasteiger charge is 2.14. The van der Waals surface area contributed by atoms with Crippen molar-refractivity contribution in [3.8, 4) is 11.3 Å². The lowest BCUT2D eigenvalue weighted by molar-refractivity contribution is 0.102. The first kappa shape index (κ1) is 21.7. The van der Waals surface area contributed by atoms with Crippen molar-refractivity contribution in [1.82, 2.24) is 15.0 Å². The molecule has 4 aromatic rings. The third-order valence-electron chi connectivity index (χ3n) is 5.23. The van der Waals surface area contributed by atoms with Gasteiger partial charge in [0.25, 0.3) is 5.91 Å². The average molecular weight is 443 g/mol. The third kappa shape index (κ3) is 5.01. The maximum atomic E-state index is 12.9. The molecule has 0 spiro atoms. The molecule has 0 unspecified atom stereocenters. The van der Waals surface area contributed by atoms with Crippen LogP contribution in [0.1, 0.15) is 46.9 Å². The highest BCUT2D eigenvalue weighted by atomic mass is 35.5. The molecule has 1 N–H and O–H groups in total. The number of nitrogens with one attached hydrogen (secondary N) is 1. The lowest BCUT2D eigenvalue weighted by Gasteiger charge is -2.12. The van der Waals surface area contributed by atoms with Gasteiger partial charge in [-0.05, 0) is 65.6 Å². The number of hydrogen-bond acceptors (Lipinski definition) is 4. The molecule has 5 nitrogen and oxygen atoms in total. The molecule has 0 aliphatic carbocycles. The summed E-state index contributed by atoms with van der Waals surface area (Å²) in [5.74, 6) is 0.206. The van der Waals surface area contributed by atoms with Crippen LogP contribution < -0.4 is 5.32 Å². The molecule has 0 aliphatic rings. The monoisotopic (exact) mass is 442 g/mol. The van der Waals surface area contributed by atoms with Gasteiger partial charge in [-0.15, -0.1) is 0 Å². The maximum Gasteiger partial charge on any atom is 0.255 e. The van der Waals surface area contributed by atoms with Gasteiger partial charge in [0.2, 0.25) is 0 Å². The van der Waals surface area contributed by atoms with Gasteiger partial charge < -0.3 is 5.32 Å². The van der Waals surface area contributed by atoms with Crippen molar-refractivity contribution in [3.63, 3.8) is 0 Å². The topological polar surface area (TPSA) is 67.8 Å². The lowest BCUT2D eigenvalue weighted by Crippen LogP contribution is -2.12. The number of nitrogens with zero attached hydrogens (tertiary/aromatic N) is 3. The van der Waals surface area contributed by atoms with Crippen LogP contribution in [-0.4, -0.2) is 20.9 Å². The third-order valence-corrected chi connectivity index (χ3v) is 5.59. The minimum absolute atomic E-state index is 0.180. The van der Waals surface area contributed by atoms with Crippen LogP contribution in [0.25, 0.3) is 11.3 Å². The van der Waals surface area contributed by atoms with E-state index in [0.717, 1.165) is 28.2 Å². The Morgan fingerprint density at radius 2 is 1.88 bits per heavy atom.